The summed E-state index contributed by atoms with van der Waals surface area (Å²) in [7, 11) is 0. The van der Waals surface area contributed by atoms with E-state index in [1.807, 2.05) is 19.9 Å². The molecule has 0 saturated heterocycles. The summed E-state index contributed by atoms with van der Waals surface area (Å²) in [5.74, 6) is 0.518. The molecule has 5 nitrogen and oxygen atoms in total. The SMILES string of the molecule is CC(C)c1cc(Nc2ccc(C#N)cc2F)ncc1C(=O)NCC1CCC1. The van der Waals surface area contributed by atoms with Crippen LogP contribution < -0.4 is 10.6 Å². The van der Waals surface area contributed by atoms with E-state index < -0.39 is 5.82 Å². The molecule has 0 aliphatic heterocycles. The molecular weight excluding hydrogens is 343 g/mol. The van der Waals surface area contributed by atoms with Crippen LogP contribution in [-0.2, 0) is 0 Å². The van der Waals surface area contributed by atoms with E-state index >= 15 is 0 Å². The quantitative estimate of drug-likeness (QED) is 0.790. The number of benzene rings is 1. The van der Waals surface area contributed by atoms with E-state index in [9.17, 15) is 9.18 Å². The second-order valence-electron chi connectivity index (χ2n) is 7.25. The second kappa shape index (κ2) is 8.17. The van der Waals surface area contributed by atoms with Gasteiger partial charge in [0.2, 0.25) is 0 Å². The van der Waals surface area contributed by atoms with E-state index in [0.29, 0.717) is 23.8 Å². The molecule has 0 bridgehead atoms. The maximum absolute atomic E-state index is 14.1. The molecule has 1 heterocycles. The number of nitrogens with zero attached hydrogens (tertiary/aromatic N) is 2. The van der Waals surface area contributed by atoms with Crippen molar-refractivity contribution in [3.8, 4) is 6.07 Å². The topological polar surface area (TPSA) is 77.8 Å². The van der Waals surface area contributed by atoms with Crippen molar-refractivity contribution in [1.82, 2.24) is 10.3 Å². The van der Waals surface area contributed by atoms with Crippen LogP contribution >= 0.6 is 0 Å². The molecule has 1 amide bonds. The van der Waals surface area contributed by atoms with Crippen molar-refractivity contribution in [3.05, 3.63) is 53.0 Å². The lowest BCUT2D eigenvalue weighted by molar-refractivity contribution is 0.0937. The van der Waals surface area contributed by atoms with Crippen LogP contribution in [0.3, 0.4) is 0 Å². The van der Waals surface area contributed by atoms with Crippen LogP contribution in [0.2, 0.25) is 0 Å². The summed E-state index contributed by atoms with van der Waals surface area (Å²) < 4.78 is 14.1. The first-order valence-electron chi connectivity index (χ1n) is 9.22. The lowest BCUT2D eigenvalue weighted by Gasteiger charge is -2.25. The number of nitriles is 1. The lowest BCUT2D eigenvalue weighted by atomic mass is 9.85. The average Bonchev–Trinajstić information content (AvgIpc) is 2.61. The molecular formula is C21H23FN4O. The van der Waals surface area contributed by atoms with Gasteiger partial charge in [0.25, 0.3) is 5.91 Å². The average molecular weight is 366 g/mol. The Hall–Kier alpha value is -2.94. The summed E-state index contributed by atoms with van der Waals surface area (Å²) in [6.07, 6.45) is 5.13. The molecule has 2 N–H and O–H groups in total. The maximum atomic E-state index is 14.1. The fourth-order valence-electron chi connectivity index (χ4n) is 3.06. The lowest BCUT2D eigenvalue weighted by Crippen LogP contribution is -2.32. The highest BCUT2D eigenvalue weighted by Gasteiger charge is 2.20. The molecule has 6 heteroatoms. The van der Waals surface area contributed by atoms with Gasteiger partial charge in [-0.3, -0.25) is 4.79 Å². The number of hydrogen-bond donors (Lipinski definition) is 2. The third-order valence-electron chi connectivity index (χ3n) is 4.94. The molecule has 1 aromatic carbocycles. The van der Waals surface area contributed by atoms with E-state index in [-0.39, 0.29) is 23.1 Å². The highest BCUT2D eigenvalue weighted by atomic mass is 19.1. The first-order chi connectivity index (χ1) is 13.0. The summed E-state index contributed by atoms with van der Waals surface area (Å²) in [5, 5.41) is 14.8. The summed E-state index contributed by atoms with van der Waals surface area (Å²) in [6.45, 7) is 4.71. The van der Waals surface area contributed by atoms with Crippen LogP contribution in [-0.4, -0.2) is 17.4 Å². The molecule has 1 aliphatic rings. The van der Waals surface area contributed by atoms with Gasteiger partial charge in [-0.1, -0.05) is 20.3 Å². The molecule has 0 spiro atoms. The van der Waals surface area contributed by atoms with Crippen molar-refractivity contribution < 1.29 is 9.18 Å². The molecule has 2 aromatic rings. The van der Waals surface area contributed by atoms with Crippen LogP contribution in [0.25, 0.3) is 0 Å². The molecule has 3 rings (SSSR count). The smallest absolute Gasteiger partial charge is 0.253 e. The predicted molar refractivity (Wildman–Crippen MR) is 102 cm³/mol. The number of pyridine rings is 1. The number of aromatic nitrogens is 1. The number of carbonyl (C=O) groups excluding carboxylic acids is 1. The summed E-state index contributed by atoms with van der Waals surface area (Å²) in [5.41, 5.74) is 1.90. The third kappa shape index (κ3) is 4.43. The van der Waals surface area contributed by atoms with Gasteiger partial charge < -0.3 is 10.6 Å². The Morgan fingerprint density at radius 1 is 1.37 bits per heavy atom. The van der Waals surface area contributed by atoms with Crippen molar-refractivity contribution in [1.29, 1.82) is 5.26 Å². The number of anilines is 2. The Balaban J connectivity index is 1.78. The van der Waals surface area contributed by atoms with Crippen LogP contribution in [0.4, 0.5) is 15.9 Å². The molecule has 0 unspecified atom stereocenters. The van der Waals surface area contributed by atoms with Crippen molar-refractivity contribution >= 4 is 17.4 Å². The minimum absolute atomic E-state index is 0.115. The van der Waals surface area contributed by atoms with Gasteiger partial charge in [0.1, 0.15) is 11.6 Å². The zero-order valence-corrected chi connectivity index (χ0v) is 15.6. The Morgan fingerprint density at radius 2 is 2.15 bits per heavy atom. The molecule has 1 fully saturated rings. The van der Waals surface area contributed by atoms with Crippen LogP contribution in [0, 0.1) is 23.1 Å². The minimum Gasteiger partial charge on any atom is -0.352 e. The van der Waals surface area contributed by atoms with Gasteiger partial charge in [0, 0.05) is 12.7 Å². The van der Waals surface area contributed by atoms with Gasteiger partial charge in [-0.2, -0.15) is 5.26 Å². The number of rotatable bonds is 6. The molecule has 27 heavy (non-hydrogen) atoms. The van der Waals surface area contributed by atoms with Gasteiger partial charge in [0.15, 0.2) is 0 Å². The Morgan fingerprint density at radius 3 is 2.74 bits per heavy atom. The van der Waals surface area contributed by atoms with Crippen LogP contribution in [0.5, 0.6) is 0 Å². The molecule has 1 saturated carbocycles. The number of carbonyl (C=O) groups is 1. The Kier molecular flexibility index (Phi) is 5.70. The zero-order chi connectivity index (χ0) is 19.4. The number of hydrogen-bond acceptors (Lipinski definition) is 4. The molecule has 0 radical (unpaired) electrons. The monoisotopic (exact) mass is 366 g/mol. The summed E-state index contributed by atoms with van der Waals surface area (Å²) >= 11 is 0. The molecule has 1 aliphatic carbocycles. The predicted octanol–water partition coefficient (Wildman–Crippen LogP) is 4.49. The van der Waals surface area contributed by atoms with Gasteiger partial charge in [0.05, 0.1) is 22.9 Å². The van der Waals surface area contributed by atoms with E-state index in [2.05, 4.69) is 15.6 Å². The fraction of sp³-hybridized carbons (Fsp3) is 0.381. The van der Waals surface area contributed by atoms with Crippen LogP contribution in [0.15, 0.2) is 30.5 Å². The van der Waals surface area contributed by atoms with Crippen molar-refractivity contribution in [3.63, 3.8) is 0 Å². The van der Waals surface area contributed by atoms with Gasteiger partial charge in [-0.15, -0.1) is 0 Å². The first-order valence-corrected chi connectivity index (χ1v) is 9.22. The van der Waals surface area contributed by atoms with E-state index in [4.69, 9.17) is 5.26 Å². The maximum Gasteiger partial charge on any atom is 0.253 e. The Bertz CT molecular complexity index is 884. The highest BCUT2D eigenvalue weighted by Crippen LogP contribution is 2.27. The highest BCUT2D eigenvalue weighted by molar-refractivity contribution is 5.96. The number of amides is 1. The second-order valence-corrected chi connectivity index (χ2v) is 7.25. The normalized spacial score (nSPS) is 13.7. The van der Waals surface area contributed by atoms with Gasteiger partial charge >= 0.3 is 0 Å². The molecule has 0 atom stereocenters. The van der Waals surface area contributed by atoms with Gasteiger partial charge in [-0.25, -0.2) is 9.37 Å². The summed E-state index contributed by atoms with van der Waals surface area (Å²) in [6, 6.07) is 7.90. The zero-order valence-electron chi connectivity index (χ0n) is 15.6. The molecule has 1 aromatic heterocycles. The molecule has 140 valence electrons. The minimum atomic E-state index is -0.524. The van der Waals surface area contributed by atoms with Crippen molar-refractivity contribution in [2.45, 2.75) is 39.0 Å². The Labute approximate surface area is 158 Å². The fourth-order valence-corrected chi connectivity index (χ4v) is 3.06. The standard InChI is InChI=1S/C21H23FN4O/c1-13(2)16-9-20(26-19-7-6-15(10-23)8-18(19)22)24-12-17(16)21(27)25-11-14-4-3-5-14/h6-9,12-14H,3-5,11H2,1-2H3,(H,24,26)(H,25,27). The summed E-state index contributed by atoms with van der Waals surface area (Å²) in [4.78, 5) is 16.8. The largest absolute Gasteiger partial charge is 0.352 e. The van der Waals surface area contributed by atoms with Crippen molar-refractivity contribution in [2.75, 3.05) is 11.9 Å². The van der Waals surface area contributed by atoms with E-state index in [1.165, 1.54) is 43.7 Å². The number of nitrogens with one attached hydrogen (secondary N) is 2. The number of halogens is 1. The van der Waals surface area contributed by atoms with E-state index in [0.717, 1.165) is 5.56 Å². The van der Waals surface area contributed by atoms with Crippen LogP contribution in [0.1, 0.15) is 60.5 Å². The van der Waals surface area contributed by atoms with Gasteiger partial charge in [-0.05, 0) is 54.5 Å². The van der Waals surface area contributed by atoms with E-state index in [1.54, 1.807) is 6.07 Å². The van der Waals surface area contributed by atoms with Crippen molar-refractivity contribution in [2.24, 2.45) is 5.92 Å². The first kappa shape index (κ1) is 18.8. The third-order valence-corrected chi connectivity index (χ3v) is 4.94.